The molecule has 2 aromatic rings. The number of esters is 1. The van der Waals surface area contributed by atoms with Crippen LogP contribution in [0.4, 0.5) is 0 Å². The van der Waals surface area contributed by atoms with Gasteiger partial charge < -0.3 is 47.4 Å². The summed E-state index contributed by atoms with van der Waals surface area (Å²) in [6.07, 6.45) is -1.28. The van der Waals surface area contributed by atoms with Crippen LogP contribution in [-0.2, 0) is 19.0 Å². The fourth-order valence-electron chi connectivity index (χ4n) is 5.57. The third-order valence-corrected chi connectivity index (χ3v) is 7.04. The molecule has 0 N–H and O–H groups in total. The minimum atomic E-state index is -1.15. The summed E-state index contributed by atoms with van der Waals surface area (Å²) >= 11 is 0. The lowest BCUT2D eigenvalue weighted by Gasteiger charge is -2.33. The van der Waals surface area contributed by atoms with E-state index in [1.54, 1.807) is 39.5 Å². The van der Waals surface area contributed by atoms with Crippen LogP contribution >= 0.6 is 0 Å². The Kier molecular flexibility index (Phi) is 5.41. The number of methoxy groups -OCH3 is 3. The van der Waals surface area contributed by atoms with Crippen molar-refractivity contribution >= 4 is 5.97 Å². The standard InChI is InChI=1S/C25H26O11/c1-12(26)36-25-9-31-21(20-18(28-3)7-19-22(23(20)29-4)35-11-34-19)14(25)8-30-24(25)13-5-16-17(33-10-32-16)6-15(13)27-2/h5-7,14,21,24H,8-11H2,1-4H3/t14-,21+,24+,25-/m0/s1. The van der Waals surface area contributed by atoms with Gasteiger partial charge in [0.2, 0.25) is 19.3 Å². The first-order chi connectivity index (χ1) is 17.5. The number of rotatable bonds is 6. The maximum absolute atomic E-state index is 12.4. The summed E-state index contributed by atoms with van der Waals surface area (Å²) < 4.78 is 58.1. The van der Waals surface area contributed by atoms with Crippen LogP contribution in [0.15, 0.2) is 18.2 Å². The fourth-order valence-corrected chi connectivity index (χ4v) is 5.57. The van der Waals surface area contributed by atoms with Gasteiger partial charge in [-0.3, -0.25) is 4.79 Å². The SMILES string of the molecule is COc1cc2c(cc1[C@H]1OC[C@H]3[C@H](c4c(OC)cc5c(c4OC)OCO5)OC[C@@]13OC(C)=O)OCO2. The number of ether oxygens (including phenoxy) is 10. The van der Waals surface area contributed by atoms with E-state index in [-0.39, 0.29) is 26.8 Å². The largest absolute Gasteiger partial charge is 0.496 e. The minimum absolute atomic E-state index is 0.0692. The smallest absolute Gasteiger partial charge is 0.303 e. The Morgan fingerprint density at radius 3 is 2.31 bits per heavy atom. The maximum atomic E-state index is 12.4. The molecule has 0 unspecified atom stereocenters. The normalized spacial score (nSPS) is 27.1. The van der Waals surface area contributed by atoms with Gasteiger partial charge in [0.25, 0.3) is 0 Å². The number of fused-ring (bicyclic) bond motifs is 3. The molecule has 2 aromatic carbocycles. The van der Waals surface area contributed by atoms with Gasteiger partial charge in [-0.2, -0.15) is 0 Å². The summed E-state index contributed by atoms with van der Waals surface area (Å²) in [4.78, 5) is 12.4. The molecule has 6 rings (SSSR count). The van der Waals surface area contributed by atoms with Crippen molar-refractivity contribution < 1.29 is 52.2 Å². The second-order valence-electron chi connectivity index (χ2n) is 8.81. The molecule has 0 aliphatic carbocycles. The molecular formula is C25H26O11. The molecule has 36 heavy (non-hydrogen) atoms. The van der Waals surface area contributed by atoms with Crippen LogP contribution in [-0.4, -0.2) is 59.7 Å². The van der Waals surface area contributed by atoms with Crippen molar-refractivity contribution in [2.24, 2.45) is 5.92 Å². The third-order valence-electron chi connectivity index (χ3n) is 7.04. The van der Waals surface area contributed by atoms with E-state index in [1.807, 2.05) is 0 Å². The molecule has 0 bridgehead atoms. The molecule has 4 atom stereocenters. The van der Waals surface area contributed by atoms with Crippen LogP contribution in [0.3, 0.4) is 0 Å². The Morgan fingerprint density at radius 1 is 0.889 bits per heavy atom. The quantitative estimate of drug-likeness (QED) is 0.544. The third kappa shape index (κ3) is 3.22. The van der Waals surface area contributed by atoms with Gasteiger partial charge in [0.15, 0.2) is 28.6 Å². The van der Waals surface area contributed by atoms with E-state index in [0.717, 1.165) is 0 Å². The zero-order chi connectivity index (χ0) is 25.0. The predicted octanol–water partition coefficient (Wildman–Crippen LogP) is 2.93. The van der Waals surface area contributed by atoms with E-state index >= 15 is 0 Å². The van der Waals surface area contributed by atoms with Gasteiger partial charge in [0.05, 0.1) is 52.1 Å². The monoisotopic (exact) mass is 502 g/mol. The first-order valence-electron chi connectivity index (χ1n) is 11.5. The predicted molar refractivity (Wildman–Crippen MR) is 120 cm³/mol. The molecule has 4 aliphatic rings. The highest BCUT2D eigenvalue weighted by Crippen LogP contribution is 2.61. The first kappa shape index (κ1) is 22.9. The van der Waals surface area contributed by atoms with E-state index in [1.165, 1.54) is 6.92 Å². The molecule has 4 heterocycles. The number of hydrogen-bond donors (Lipinski definition) is 0. The van der Waals surface area contributed by atoms with Gasteiger partial charge in [-0.15, -0.1) is 0 Å². The lowest BCUT2D eigenvalue weighted by molar-refractivity contribution is -0.167. The van der Waals surface area contributed by atoms with Crippen molar-refractivity contribution in [2.45, 2.75) is 24.7 Å². The van der Waals surface area contributed by atoms with E-state index in [2.05, 4.69) is 0 Å². The molecule has 11 heteroatoms. The van der Waals surface area contributed by atoms with Crippen molar-refractivity contribution in [1.29, 1.82) is 0 Å². The highest BCUT2D eigenvalue weighted by atomic mass is 16.7. The summed E-state index contributed by atoms with van der Waals surface area (Å²) in [5, 5.41) is 0. The molecule has 2 saturated heterocycles. The molecule has 4 aliphatic heterocycles. The lowest BCUT2D eigenvalue weighted by atomic mass is 9.79. The summed E-state index contributed by atoms with van der Waals surface area (Å²) in [5.74, 6) is 2.73. The zero-order valence-corrected chi connectivity index (χ0v) is 20.3. The minimum Gasteiger partial charge on any atom is -0.496 e. The van der Waals surface area contributed by atoms with E-state index in [4.69, 9.17) is 47.4 Å². The highest BCUT2D eigenvalue weighted by molar-refractivity contribution is 5.68. The molecule has 11 nitrogen and oxygen atoms in total. The number of carbonyl (C=O) groups excluding carboxylic acids is 1. The molecule has 0 saturated carbocycles. The van der Waals surface area contributed by atoms with Crippen molar-refractivity contribution in [3.8, 4) is 40.2 Å². The molecule has 0 amide bonds. The summed E-state index contributed by atoms with van der Waals surface area (Å²) in [5.41, 5.74) is 0.147. The summed E-state index contributed by atoms with van der Waals surface area (Å²) in [6.45, 7) is 1.86. The zero-order valence-electron chi connectivity index (χ0n) is 20.3. The van der Waals surface area contributed by atoms with Gasteiger partial charge in [-0.05, 0) is 6.07 Å². The molecule has 0 radical (unpaired) electrons. The topological polar surface area (TPSA) is 109 Å². The van der Waals surface area contributed by atoms with Crippen LogP contribution in [0.1, 0.15) is 30.3 Å². The highest BCUT2D eigenvalue weighted by Gasteiger charge is 2.64. The van der Waals surface area contributed by atoms with Crippen molar-refractivity contribution in [3.63, 3.8) is 0 Å². The van der Waals surface area contributed by atoms with Crippen LogP contribution < -0.4 is 33.2 Å². The Bertz CT molecular complexity index is 1210. The maximum Gasteiger partial charge on any atom is 0.303 e. The number of hydrogen-bond acceptors (Lipinski definition) is 11. The van der Waals surface area contributed by atoms with Crippen LogP contribution in [0.2, 0.25) is 0 Å². The second kappa shape index (κ2) is 8.52. The molecule has 192 valence electrons. The van der Waals surface area contributed by atoms with Crippen LogP contribution in [0.5, 0.6) is 40.2 Å². The van der Waals surface area contributed by atoms with Gasteiger partial charge in [-0.1, -0.05) is 0 Å². The van der Waals surface area contributed by atoms with E-state index in [9.17, 15) is 4.79 Å². The van der Waals surface area contributed by atoms with Gasteiger partial charge in [0, 0.05) is 24.6 Å². The Hall–Kier alpha value is -3.57. The molecular weight excluding hydrogens is 476 g/mol. The molecule has 0 spiro atoms. The van der Waals surface area contributed by atoms with Gasteiger partial charge in [0.1, 0.15) is 17.6 Å². The Morgan fingerprint density at radius 2 is 1.58 bits per heavy atom. The number of benzene rings is 2. The van der Waals surface area contributed by atoms with Gasteiger partial charge in [-0.25, -0.2) is 0 Å². The Balaban J connectivity index is 1.46. The van der Waals surface area contributed by atoms with Gasteiger partial charge >= 0.3 is 5.97 Å². The fraction of sp³-hybridized carbons (Fsp3) is 0.480. The first-order valence-corrected chi connectivity index (χ1v) is 11.5. The average molecular weight is 502 g/mol. The summed E-state index contributed by atoms with van der Waals surface area (Å²) in [6, 6.07) is 5.28. The van der Waals surface area contributed by atoms with E-state index < -0.39 is 29.7 Å². The van der Waals surface area contributed by atoms with Crippen LogP contribution in [0, 0.1) is 5.92 Å². The van der Waals surface area contributed by atoms with Crippen LogP contribution in [0.25, 0.3) is 0 Å². The Labute approximate surface area is 207 Å². The van der Waals surface area contributed by atoms with Crippen molar-refractivity contribution in [3.05, 3.63) is 29.3 Å². The van der Waals surface area contributed by atoms with E-state index in [0.29, 0.717) is 51.4 Å². The summed E-state index contributed by atoms with van der Waals surface area (Å²) in [7, 11) is 4.66. The van der Waals surface area contributed by atoms with Crippen molar-refractivity contribution in [1.82, 2.24) is 0 Å². The average Bonchev–Trinajstić information content (AvgIpc) is 3.65. The molecule has 0 aromatic heterocycles. The van der Waals surface area contributed by atoms with Crippen molar-refractivity contribution in [2.75, 3.05) is 48.1 Å². The lowest BCUT2D eigenvalue weighted by Crippen LogP contribution is -2.43. The second-order valence-corrected chi connectivity index (χ2v) is 8.81. The molecule has 2 fully saturated rings. The number of carbonyl (C=O) groups is 1.